The molecule has 0 aromatic heterocycles. The van der Waals surface area contributed by atoms with Crippen molar-refractivity contribution in [3.8, 4) is 11.5 Å². The van der Waals surface area contributed by atoms with Gasteiger partial charge in [-0.3, -0.25) is 10.4 Å². The zero-order valence-electron chi connectivity index (χ0n) is 11.3. The highest BCUT2D eigenvalue weighted by Crippen LogP contribution is 2.27. The first-order valence-electron chi connectivity index (χ1n) is 5.71. The Bertz CT molecular complexity index is 353. The quantitative estimate of drug-likeness (QED) is 0.765. The Kier molecular flexibility index (Phi) is 5.25. The minimum atomic E-state index is 0.378. The Morgan fingerprint density at radius 1 is 1.18 bits per heavy atom. The van der Waals surface area contributed by atoms with Crippen molar-refractivity contribution < 1.29 is 9.47 Å². The molecule has 1 atom stereocenters. The summed E-state index contributed by atoms with van der Waals surface area (Å²) in [5, 5.41) is 1.96. The van der Waals surface area contributed by atoms with E-state index in [-0.39, 0.29) is 0 Å². The van der Waals surface area contributed by atoms with Crippen molar-refractivity contribution in [2.75, 3.05) is 28.3 Å². The van der Waals surface area contributed by atoms with E-state index in [4.69, 9.17) is 9.47 Å². The van der Waals surface area contributed by atoms with E-state index < -0.39 is 0 Å². The van der Waals surface area contributed by atoms with Gasteiger partial charge in [0.25, 0.3) is 0 Å². The molecule has 0 radical (unpaired) electrons. The van der Waals surface area contributed by atoms with Gasteiger partial charge < -0.3 is 9.47 Å². The molecular weight excluding hydrogens is 216 g/mol. The van der Waals surface area contributed by atoms with Gasteiger partial charge in [-0.05, 0) is 31.0 Å². The molecule has 4 nitrogen and oxygen atoms in total. The Morgan fingerprint density at radius 3 is 2.35 bits per heavy atom. The molecule has 0 bridgehead atoms. The normalized spacial score (nSPS) is 12.6. The van der Waals surface area contributed by atoms with Gasteiger partial charge in [0.2, 0.25) is 0 Å². The average molecular weight is 238 g/mol. The Balaban J connectivity index is 2.72. The summed E-state index contributed by atoms with van der Waals surface area (Å²) in [5.74, 6) is 1.55. The third-order valence-corrected chi connectivity index (χ3v) is 2.47. The van der Waals surface area contributed by atoms with Crippen LogP contribution in [0.5, 0.6) is 11.5 Å². The fourth-order valence-electron chi connectivity index (χ4n) is 1.85. The molecule has 1 unspecified atom stereocenters. The first kappa shape index (κ1) is 13.8. The second kappa shape index (κ2) is 6.47. The summed E-state index contributed by atoms with van der Waals surface area (Å²) in [6.45, 7) is 2.15. The summed E-state index contributed by atoms with van der Waals surface area (Å²) in [6, 6.07) is 6.40. The molecule has 1 N–H and O–H groups in total. The molecule has 0 aliphatic heterocycles. The lowest BCUT2D eigenvalue weighted by molar-refractivity contribution is 0.249. The smallest absolute Gasteiger partial charge is 0.160 e. The molecule has 0 spiro atoms. The van der Waals surface area contributed by atoms with Crippen molar-refractivity contribution in [1.29, 1.82) is 0 Å². The molecule has 96 valence electrons. The highest BCUT2D eigenvalue weighted by atomic mass is 16.5. The second-order valence-corrected chi connectivity index (χ2v) is 4.32. The van der Waals surface area contributed by atoms with E-state index in [1.54, 1.807) is 14.2 Å². The molecule has 1 rings (SSSR count). The van der Waals surface area contributed by atoms with Crippen LogP contribution in [-0.2, 0) is 6.42 Å². The van der Waals surface area contributed by atoms with E-state index in [1.807, 2.05) is 31.2 Å². The lowest BCUT2D eigenvalue weighted by atomic mass is 10.1. The van der Waals surface area contributed by atoms with E-state index in [1.165, 1.54) is 5.56 Å². The first-order valence-corrected chi connectivity index (χ1v) is 5.71. The van der Waals surface area contributed by atoms with Crippen LogP contribution in [-0.4, -0.2) is 39.4 Å². The van der Waals surface area contributed by atoms with Gasteiger partial charge in [-0.15, -0.1) is 0 Å². The van der Waals surface area contributed by atoms with Crippen LogP contribution in [0.25, 0.3) is 0 Å². The first-order chi connectivity index (χ1) is 8.06. The molecule has 0 heterocycles. The summed E-state index contributed by atoms with van der Waals surface area (Å²) >= 11 is 0. The van der Waals surface area contributed by atoms with Gasteiger partial charge in [0.1, 0.15) is 0 Å². The third kappa shape index (κ3) is 4.24. The van der Waals surface area contributed by atoms with Crippen LogP contribution in [0.2, 0.25) is 0 Å². The number of rotatable bonds is 6. The summed E-state index contributed by atoms with van der Waals surface area (Å²) in [4.78, 5) is 0. The molecule has 0 saturated heterocycles. The summed E-state index contributed by atoms with van der Waals surface area (Å²) in [7, 11) is 7.28. The Hall–Kier alpha value is -1.26. The summed E-state index contributed by atoms with van der Waals surface area (Å²) < 4.78 is 10.5. The number of hydrogen-bond donors (Lipinski definition) is 1. The van der Waals surface area contributed by atoms with Crippen LogP contribution in [0.15, 0.2) is 18.2 Å². The van der Waals surface area contributed by atoms with Crippen molar-refractivity contribution >= 4 is 0 Å². The van der Waals surface area contributed by atoms with E-state index in [0.29, 0.717) is 6.04 Å². The van der Waals surface area contributed by atoms with Crippen LogP contribution >= 0.6 is 0 Å². The SMILES string of the molecule is COc1ccc(CC(C)NN(C)C)cc1OC. The molecule has 1 aromatic carbocycles. The predicted molar refractivity (Wildman–Crippen MR) is 69.5 cm³/mol. The topological polar surface area (TPSA) is 33.7 Å². The highest BCUT2D eigenvalue weighted by Gasteiger charge is 2.08. The lowest BCUT2D eigenvalue weighted by Gasteiger charge is -2.19. The molecule has 0 amide bonds. The molecular formula is C13H22N2O2. The van der Waals surface area contributed by atoms with Crippen LogP contribution < -0.4 is 14.9 Å². The van der Waals surface area contributed by atoms with Gasteiger partial charge >= 0.3 is 0 Å². The maximum atomic E-state index is 5.28. The fourth-order valence-corrected chi connectivity index (χ4v) is 1.85. The van der Waals surface area contributed by atoms with Crippen LogP contribution in [0.1, 0.15) is 12.5 Å². The van der Waals surface area contributed by atoms with E-state index in [0.717, 1.165) is 17.9 Å². The van der Waals surface area contributed by atoms with Crippen LogP contribution in [0, 0.1) is 0 Å². The molecule has 1 aromatic rings. The van der Waals surface area contributed by atoms with Gasteiger partial charge in [-0.1, -0.05) is 6.07 Å². The van der Waals surface area contributed by atoms with E-state index >= 15 is 0 Å². The number of benzene rings is 1. The summed E-state index contributed by atoms with van der Waals surface area (Å²) in [5.41, 5.74) is 4.54. The molecule has 17 heavy (non-hydrogen) atoms. The largest absolute Gasteiger partial charge is 0.493 e. The number of hydrazine groups is 1. The second-order valence-electron chi connectivity index (χ2n) is 4.32. The predicted octanol–water partition coefficient (Wildman–Crippen LogP) is 1.70. The minimum absolute atomic E-state index is 0.378. The highest BCUT2D eigenvalue weighted by molar-refractivity contribution is 5.43. The maximum absolute atomic E-state index is 5.28. The standard InChI is InChI=1S/C13H22N2O2/c1-10(14-15(2)3)8-11-6-7-12(16-4)13(9-11)17-5/h6-7,9-10,14H,8H2,1-5H3. The Morgan fingerprint density at radius 2 is 1.82 bits per heavy atom. The van der Waals surface area contributed by atoms with E-state index in [2.05, 4.69) is 18.4 Å². The zero-order chi connectivity index (χ0) is 12.8. The van der Waals surface area contributed by atoms with Gasteiger partial charge in [-0.2, -0.15) is 0 Å². The third-order valence-electron chi connectivity index (χ3n) is 2.47. The summed E-state index contributed by atoms with van der Waals surface area (Å²) in [6.07, 6.45) is 0.943. The van der Waals surface area contributed by atoms with Crippen molar-refractivity contribution in [1.82, 2.24) is 10.4 Å². The van der Waals surface area contributed by atoms with Crippen molar-refractivity contribution in [2.45, 2.75) is 19.4 Å². The van der Waals surface area contributed by atoms with Crippen molar-refractivity contribution in [3.63, 3.8) is 0 Å². The van der Waals surface area contributed by atoms with Gasteiger partial charge in [0.15, 0.2) is 11.5 Å². The van der Waals surface area contributed by atoms with E-state index in [9.17, 15) is 0 Å². The van der Waals surface area contributed by atoms with Crippen LogP contribution in [0.4, 0.5) is 0 Å². The number of ether oxygens (including phenoxy) is 2. The number of hydrogen-bond acceptors (Lipinski definition) is 4. The van der Waals surface area contributed by atoms with Crippen molar-refractivity contribution in [3.05, 3.63) is 23.8 Å². The number of nitrogens with zero attached hydrogens (tertiary/aromatic N) is 1. The number of nitrogens with one attached hydrogen (secondary N) is 1. The molecule has 4 heteroatoms. The molecule has 0 saturated carbocycles. The Labute approximate surface area is 103 Å². The lowest BCUT2D eigenvalue weighted by Crippen LogP contribution is -2.39. The zero-order valence-corrected chi connectivity index (χ0v) is 11.3. The van der Waals surface area contributed by atoms with Gasteiger partial charge in [-0.25, -0.2) is 0 Å². The molecule has 0 fully saturated rings. The van der Waals surface area contributed by atoms with Gasteiger partial charge in [0.05, 0.1) is 14.2 Å². The fraction of sp³-hybridized carbons (Fsp3) is 0.538. The minimum Gasteiger partial charge on any atom is -0.493 e. The van der Waals surface area contributed by atoms with Crippen LogP contribution in [0.3, 0.4) is 0 Å². The van der Waals surface area contributed by atoms with Gasteiger partial charge in [0, 0.05) is 20.1 Å². The maximum Gasteiger partial charge on any atom is 0.160 e. The monoisotopic (exact) mass is 238 g/mol. The molecule has 0 aliphatic rings. The average Bonchev–Trinajstić information content (AvgIpc) is 2.27. The van der Waals surface area contributed by atoms with Crippen molar-refractivity contribution in [2.24, 2.45) is 0 Å². The number of methoxy groups -OCH3 is 2. The molecule has 0 aliphatic carbocycles.